The number of nitrogens with one attached hydrogen (secondary N) is 2. The smallest absolute Gasteiger partial charge is 0.246 e. The standard InChI is InChI=1S/C32H56N2O3/c1-21(2)8-7-9-22(3)26-12-13-27-25-11-10-23-18-24(37-20-30(36)34-19-29(35)33-6)14-16-31(23,4)28(25)15-17-32(26,27)5/h21-28H,7-20H2,1-6H3,(H,33,35)(H,34,36)/t22?,23?,24-,25?,26+,27?,28?,31-,32+/m0/s1. The summed E-state index contributed by atoms with van der Waals surface area (Å²) in [6.45, 7) is 12.7. The number of fused-ring (bicyclic) bond motifs is 5. The molecular formula is C32H56N2O3. The second-order valence-electron chi connectivity index (χ2n) is 14.3. The lowest BCUT2D eigenvalue weighted by atomic mass is 9.44. The number of rotatable bonds is 10. The largest absolute Gasteiger partial charge is 0.368 e. The first-order chi connectivity index (χ1) is 17.6. The first kappa shape index (κ1) is 28.9. The highest BCUT2D eigenvalue weighted by Crippen LogP contribution is 2.68. The minimum Gasteiger partial charge on any atom is -0.368 e. The molecule has 0 aromatic rings. The van der Waals surface area contributed by atoms with Crippen LogP contribution in [0, 0.1) is 52.3 Å². The molecular weight excluding hydrogens is 460 g/mol. The monoisotopic (exact) mass is 516 g/mol. The number of hydrogen-bond donors (Lipinski definition) is 2. The molecule has 4 rings (SSSR count). The quantitative estimate of drug-likeness (QED) is 0.355. The van der Waals surface area contributed by atoms with E-state index in [2.05, 4.69) is 45.3 Å². The van der Waals surface area contributed by atoms with Crippen molar-refractivity contribution in [1.82, 2.24) is 10.6 Å². The molecule has 0 radical (unpaired) electrons. The maximum atomic E-state index is 12.1. The van der Waals surface area contributed by atoms with Gasteiger partial charge >= 0.3 is 0 Å². The molecule has 5 unspecified atom stereocenters. The first-order valence-electron chi connectivity index (χ1n) is 15.7. The van der Waals surface area contributed by atoms with Crippen LogP contribution in [0.5, 0.6) is 0 Å². The highest BCUT2D eigenvalue weighted by molar-refractivity contribution is 5.84. The predicted octanol–water partition coefficient (Wildman–Crippen LogP) is 6.36. The number of amides is 2. The molecule has 2 N–H and O–H groups in total. The van der Waals surface area contributed by atoms with Gasteiger partial charge < -0.3 is 15.4 Å². The number of carbonyl (C=O) groups is 2. The molecule has 0 spiro atoms. The molecule has 4 saturated carbocycles. The summed E-state index contributed by atoms with van der Waals surface area (Å²) in [6, 6.07) is 0. The van der Waals surface area contributed by atoms with Crippen LogP contribution in [0.4, 0.5) is 0 Å². The Labute approximate surface area is 227 Å². The Morgan fingerprint density at radius 3 is 2.35 bits per heavy atom. The van der Waals surface area contributed by atoms with Crippen LogP contribution in [0.1, 0.15) is 112 Å². The van der Waals surface area contributed by atoms with Crippen LogP contribution in [0.3, 0.4) is 0 Å². The molecule has 5 heteroatoms. The third-order valence-corrected chi connectivity index (χ3v) is 12.0. The highest BCUT2D eigenvalue weighted by Gasteiger charge is 2.60. The molecule has 212 valence electrons. The van der Waals surface area contributed by atoms with Crippen LogP contribution in [0.15, 0.2) is 0 Å². The van der Waals surface area contributed by atoms with Crippen LogP contribution in [0.25, 0.3) is 0 Å². The van der Waals surface area contributed by atoms with E-state index in [1.54, 1.807) is 7.05 Å². The van der Waals surface area contributed by atoms with E-state index in [0.717, 1.165) is 54.3 Å². The summed E-state index contributed by atoms with van der Waals surface area (Å²) < 4.78 is 6.07. The lowest BCUT2D eigenvalue weighted by Gasteiger charge is -2.61. The van der Waals surface area contributed by atoms with E-state index in [0.29, 0.717) is 10.8 Å². The van der Waals surface area contributed by atoms with E-state index in [1.165, 1.54) is 64.2 Å². The van der Waals surface area contributed by atoms with Crippen LogP contribution in [-0.4, -0.2) is 38.1 Å². The zero-order chi connectivity index (χ0) is 26.8. The SMILES string of the molecule is CNC(=O)CNC(=O)CO[C@H]1CC[C@@]2(C)C(CCC3C2CC[C@@]2(C)C3CC[C@@H]2C(C)CCCC(C)C)C1. The average Bonchev–Trinajstić information content (AvgIpc) is 3.22. The van der Waals surface area contributed by atoms with Crippen LogP contribution >= 0.6 is 0 Å². The average molecular weight is 517 g/mol. The van der Waals surface area contributed by atoms with Gasteiger partial charge in [0.2, 0.25) is 11.8 Å². The summed E-state index contributed by atoms with van der Waals surface area (Å²) in [5, 5.41) is 5.17. The third kappa shape index (κ3) is 6.07. The molecule has 0 bridgehead atoms. The Hall–Kier alpha value is -1.10. The Morgan fingerprint density at radius 2 is 1.62 bits per heavy atom. The fraction of sp³-hybridized carbons (Fsp3) is 0.938. The molecule has 2 amide bonds. The molecule has 0 heterocycles. The summed E-state index contributed by atoms with van der Waals surface area (Å²) in [5.74, 6) is 5.69. The number of ether oxygens (including phenoxy) is 1. The van der Waals surface area contributed by atoms with Gasteiger partial charge in [0.15, 0.2) is 0 Å². The van der Waals surface area contributed by atoms with E-state index in [1.807, 2.05) is 0 Å². The molecule has 37 heavy (non-hydrogen) atoms. The molecule has 4 aliphatic carbocycles. The Bertz CT molecular complexity index is 799. The van der Waals surface area contributed by atoms with Gasteiger partial charge in [0, 0.05) is 7.05 Å². The Kier molecular flexibility index (Phi) is 9.34. The Morgan fingerprint density at radius 1 is 0.892 bits per heavy atom. The number of likely N-dealkylation sites (N-methyl/N-ethyl adjacent to an activating group) is 1. The normalized spacial score (nSPS) is 39.9. The van der Waals surface area contributed by atoms with E-state index in [-0.39, 0.29) is 31.1 Å². The van der Waals surface area contributed by atoms with E-state index in [9.17, 15) is 9.59 Å². The van der Waals surface area contributed by atoms with E-state index < -0.39 is 0 Å². The summed E-state index contributed by atoms with van der Waals surface area (Å²) in [4.78, 5) is 23.5. The van der Waals surface area contributed by atoms with Crippen molar-refractivity contribution in [3.8, 4) is 0 Å². The number of hydrogen-bond acceptors (Lipinski definition) is 3. The molecule has 0 aromatic heterocycles. The van der Waals surface area contributed by atoms with Gasteiger partial charge in [0.25, 0.3) is 0 Å². The zero-order valence-electron chi connectivity index (χ0n) is 24.7. The summed E-state index contributed by atoms with van der Waals surface area (Å²) in [5.41, 5.74) is 0.997. The van der Waals surface area contributed by atoms with Crippen molar-refractivity contribution >= 4 is 11.8 Å². The van der Waals surface area contributed by atoms with Gasteiger partial charge in [-0.25, -0.2) is 0 Å². The van der Waals surface area contributed by atoms with Gasteiger partial charge in [-0.3, -0.25) is 9.59 Å². The third-order valence-electron chi connectivity index (χ3n) is 12.0. The van der Waals surface area contributed by atoms with Crippen LogP contribution < -0.4 is 10.6 Å². The second-order valence-corrected chi connectivity index (χ2v) is 14.3. The summed E-state index contributed by atoms with van der Waals surface area (Å²) in [7, 11) is 1.58. The van der Waals surface area contributed by atoms with Crippen molar-refractivity contribution in [3.05, 3.63) is 0 Å². The Balaban J connectivity index is 1.32. The number of carbonyl (C=O) groups excluding carboxylic acids is 2. The fourth-order valence-electron chi connectivity index (χ4n) is 9.91. The lowest BCUT2D eigenvalue weighted by molar-refractivity contribution is -0.144. The minimum absolute atomic E-state index is 0.0186. The maximum absolute atomic E-state index is 12.1. The van der Waals surface area contributed by atoms with Crippen molar-refractivity contribution in [2.75, 3.05) is 20.2 Å². The zero-order valence-corrected chi connectivity index (χ0v) is 24.7. The van der Waals surface area contributed by atoms with Gasteiger partial charge in [-0.1, -0.05) is 53.9 Å². The van der Waals surface area contributed by atoms with Crippen molar-refractivity contribution in [1.29, 1.82) is 0 Å². The molecule has 0 aliphatic heterocycles. The van der Waals surface area contributed by atoms with Crippen LogP contribution in [-0.2, 0) is 14.3 Å². The van der Waals surface area contributed by atoms with Crippen LogP contribution in [0.2, 0.25) is 0 Å². The minimum atomic E-state index is -0.193. The van der Waals surface area contributed by atoms with Crippen molar-refractivity contribution in [2.45, 2.75) is 118 Å². The molecule has 9 atom stereocenters. The predicted molar refractivity (Wildman–Crippen MR) is 150 cm³/mol. The van der Waals surface area contributed by atoms with E-state index >= 15 is 0 Å². The van der Waals surface area contributed by atoms with Crippen molar-refractivity contribution < 1.29 is 14.3 Å². The molecule has 0 saturated heterocycles. The highest BCUT2D eigenvalue weighted by atomic mass is 16.5. The van der Waals surface area contributed by atoms with Gasteiger partial charge in [0.1, 0.15) is 6.61 Å². The van der Waals surface area contributed by atoms with E-state index in [4.69, 9.17) is 4.74 Å². The van der Waals surface area contributed by atoms with Crippen molar-refractivity contribution in [3.63, 3.8) is 0 Å². The summed E-state index contributed by atoms with van der Waals surface area (Å²) >= 11 is 0. The summed E-state index contributed by atoms with van der Waals surface area (Å²) in [6.07, 6.45) is 16.3. The van der Waals surface area contributed by atoms with Crippen molar-refractivity contribution in [2.24, 2.45) is 52.3 Å². The van der Waals surface area contributed by atoms with Gasteiger partial charge in [-0.2, -0.15) is 0 Å². The lowest BCUT2D eigenvalue weighted by Crippen LogP contribution is -2.54. The maximum Gasteiger partial charge on any atom is 0.246 e. The fourth-order valence-corrected chi connectivity index (χ4v) is 9.91. The topological polar surface area (TPSA) is 67.4 Å². The van der Waals surface area contributed by atoms with Gasteiger partial charge in [0.05, 0.1) is 12.6 Å². The van der Waals surface area contributed by atoms with Gasteiger partial charge in [-0.15, -0.1) is 0 Å². The molecule has 0 aromatic carbocycles. The molecule has 4 fully saturated rings. The molecule has 5 nitrogen and oxygen atoms in total. The molecule has 4 aliphatic rings. The first-order valence-corrected chi connectivity index (χ1v) is 15.7. The van der Waals surface area contributed by atoms with Gasteiger partial charge in [-0.05, 0) is 110 Å². The second kappa shape index (κ2) is 12.0.